The molecule has 3 rings (SSSR count). The summed E-state index contributed by atoms with van der Waals surface area (Å²) in [6, 6.07) is 6.49. The number of ether oxygens (including phenoxy) is 2. The molecule has 1 aliphatic heterocycles. The summed E-state index contributed by atoms with van der Waals surface area (Å²) in [6.07, 6.45) is 2.98. The molecule has 1 aromatic carbocycles. The first-order valence-corrected chi connectivity index (χ1v) is 18.4. The number of hydrogen-bond donors (Lipinski definition) is 5. The van der Waals surface area contributed by atoms with Crippen LogP contribution in [0, 0.1) is 17.8 Å². The fourth-order valence-corrected chi connectivity index (χ4v) is 7.74. The van der Waals surface area contributed by atoms with Crippen LogP contribution in [-0.2, 0) is 35.1 Å². The summed E-state index contributed by atoms with van der Waals surface area (Å²) >= 11 is 0. The molecule has 6 N–H and O–H groups in total. The topological polar surface area (TPSA) is 184 Å². The zero-order chi connectivity index (χ0) is 38.0. The molecular formula is C38H63N5O8. The van der Waals surface area contributed by atoms with Crippen LogP contribution in [0.2, 0.25) is 0 Å². The lowest BCUT2D eigenvalue weighted by Gasteiger charge is -2.41. The smallest absolute Gasteiger partial charge is 0.326 e. The highest BCUT2D eigenvalue weighted by molar-refractivity contribution is 5.86. The lowest BCUT2D eigenvalue weighted by atomic mass is 9.88. The van der Waals surface area contributed by atoms with Gasteiger partial charge in [0.1, 0.15) is 12.3 Å². The van der Waals surface area contributed by atoms with Crippen LogP contribution < -0.4 is 16.4 Å². The van der Waals surface area contributed by atoms with Crippen LogP contribution in [0.5, 0.6) is 0 Å². The highest BCUT2D eigenvalue weighted by Gasteiger charge is 2.44. The van der Waals surface area contributed by atoms with Crippen LogP contribution in [0.4, 0.5) is 0 Å². The number of nitrogens with one attached hydrogen (secondary N) is 2. The largest absolute Gasteiger partial charge is 0.480 e. The normalized spacial score (nSPS) is 21.1. The number of hydrogen-bond acceptors (Lipinski definition) is 9. The number of carboxylic acids is 1. The molecule has 1 aliphatic carbocycles. The molecule has 13 nitrogen and oxygen atoms in total. The molecule has 2 aliphatic rings. The third-order valence-electron chi connectivity index (χ3n) is 10.8. The van der Waals surface area contributed by atoms with Gasteiger partial charge in [0.2, 0.25) is 17.7 Å². The number of amides is 3. The third kappa shape index (κ3) is 11.2. The molecule has 0 bridgehead atoms. The Labute approximate surface area is 304 Å². The zero-order valence-electron chi connectivity index (χ0n) is 31.8. The SMILES string of the molecule is COC(CC(=O)N1CCCC1C(OC)C(C)C(=O)NC(Cc1ccccc1)C(=O)O)C(C1CCCC1)N(C)C(=O)C(NC(O)C(C)(C)N)C(C)C. The minimum Gasteiger partial charge on any atom is -0.480 e. The van der Waals surface area contributed by atoms with Gasteiger partial charge in [-0.05, 0) is 56.9 Å². The first kappa shape index (κ1) is 42.3. The number of aliphatic hydroxyl groups excluding tert-OH is 1. The fraction of sp³-hybridized carbons (Fsp3) is 0.737. The van der Waals surface area contributed by atoms with Gasteiger partial charge in [0.05, 0.1) is 42.7 Å². The fourth-order valence-electron chi connectivity index (χ4n) is 7.74. The number of carbonyl (C=O) groups excluding carboxylic acids is 3. The molecule has 1 aromatic rings. The lowest BCUT2D eigenvalue weighted by Crippen LogP contribution is -2.62. The van der Waals surface area contributed by atoms with E-state index in [1.165, 1.54) is 7.11 Å². The molecule has 8 atom stereocenters. The number of likely N-dealkylation sites (tertiary alicyclic amines) is 1. The Morgan fingerprint density at radius 1 is 1.02 bits per heavy atom. The molecule has 288 valence electrons. The van der Waals surface area contributed by atoms with Gasteiger partial charge in [-0.3, -0.25) is 19.7 Å². The standard InChI is InChI=1S/C38H63N5O8/c1-23(2)31(41-37(49)38(4,5)39)35(46)42(6)32(26-17-12-13-18-26)29(50-7)22-30(44)43-20-14-19-28(43)33(51-8)24(3)34(45)40-27(36(47)48)21-25-15-10-9-11-16-25/h9-11,15-16,23-24,26-29,31-33,37,41,49H,12-14,17-22,39H2,1-8H3,(H,40,45)(H,47,48). The molecule has 3 amide bonds. The summed E-state index contributed by atoms with van der Waals surface area (Å²) in [5, 5.41) is 26.3. The van der Waals surface area contributed by atoms with Crippen molar-refractivity contribution in [2.45, 2.75) is 134 Å². The Kier molecular flexibility index (Phi) is 15.9. The monoisotopic (exact) mass is 717 g/mol. The van der Waals surface area contributed by atoms with Crippen molar-refractivity contribution in [1.82, 2.24) is 20.4 Å². The minimum absolute atomic E-state index is 0.0270. The maximum atomic E-state index is 14.2. The number of nitrogens with zero attached hydrogens (tertiary/aromatic N) is 2. The molecule has 1 saturated carbocycles. The molecular weight excluding hydrogens is 654 g/mol. The predicted octanol–water partition coefficient (Wildman–Crippen LogP) is 2.53. The maximum absolute atomic E-state index is 14.2. The lowest BCUT2D eigenvalue weighted by molar-refractivity contribution is -0.148. The molecule has 1 heterocycles. The van der Waals surface area contributed by atoms with E-state index < -0.39 is 59.9 Å². The number of aliphatic carboxylic acids is 1. The van der Waals surface area contributed by atoms with Crippen LogP contribution in [0.25, 0.3) is 0 Å². The van der Waals surface area contributed by atoms with E-state index >= 15 is 0 Å². The number of carbonyl (C=O) groups is 4. The maximum Gasteiger partial charge on any atom is 0.326 e. The van der Waals surface area contributed by atoms with Crippen molar-refractivity contribution in [3.05, 3.63) is 35.9 Å². The number of methoxy groups -OCH3 is 2. The predicted molar refractivity (Wildman–Crippen MR) is 194 cm³/mol. The number of aliphatic hydroxyl groups is 1. The highest BCUT2D eigenvalue weighted by Crippen LogP contribution is 2.35. The van der Waals surface area contributed by atoms with E-state index in [-0.39, 0.29) is 42.5 Å². The molecule has 8 unspecified atom stereocenters. The van der Waals surface area contributed by atoms with E-state index in [0.717, 1.165) is 37.7 Å². The summed E-state index contributed by atoms with van der Waals surface area (Å²) in [7, 11) is 4.82. The average Bonchev–Trinajstić information content (AvgIpc) is 3.79. The van der Waals surface area contributed by atoms with Crippen molar-refractivity contribution < 1.29 is 38.9 Å². The molecule has 2 fully saturated rings. The summed E-state index contributed by atoms with van der Waals surface area (Å²) < 4.78 is 11.9. The van der Waals surface area contributed by atoms with Gasteiger partial charge in [-0.15, -0.1) is 0 Å². The Morgan fingerprint density at radius 2 is 1.65 bits per heavy atom. The number of likely N-dealkylation sites (N-methyl/N-ethyl adjacent to an activating group) is 1. The van der Waals surface area contributed by atoms with E-state index in [0.29, 0.717) is 13.0 Å². The van der Waals surface area contributed by atoms with Gasteiger partial charge in [-0.1, -0.05) is 63.9 Å². The van der Waals surface area contributed by atoms with E-state index in [1.54, 1.807) is 44.7 Å². The van der Waals surface area contributed by atoms with Crippen LogP contribution in [0.15, 0.2) is 30.3 Å². The number of rotatable bonds is 19. The first-order chi connectivity index (χ1) is 24.0. The van der Waals surface area contributed by atoms with Crippen molar-refractivity contribution in [2.24, 2.45) is 23.5 Å². The summed E-state index contributed by atoms with van der Waals surface area (Å²) in [6.45, 7) is 9.38. The molecule has 1 saturated heterocycles. The molecule has 0 spiro atoms. The van der Waals surface area contributed by atoms with Crippen LogP contribution >= 0.6 is 0 Å². The van der Waals surface area contributed by atoms with E-state index in [2.05, 4.69) is 10.6 Å². The van der Waals surface area contributed by atoms with E-state index in [1.807, 2.05) is 44.2 Å². The van der Waals surface area contributed by atoms with Crippen molar-refractivity contribution in [3.8, 4) is 0 Å². The Bertz CT molecular complexity index is 1280. The van der Waals surface area contributed by atoms with Crippen LogP contribution in [0.3, 0.4) is 0 Å². The van der Waals surface area contributed by atoms with Crippen molar-refractivity contribution in [3.63, 3.8) is 0 Å². The van der Waals surface area contributed by atoms with Crippen LogP contribution in [0.1, 0.15) is 85.1 Å². The molecule has 0 aromatic heterocycles. The number of benzene rings is 1. The van der Waals surface area contributed by atoms with Gasteiger partial charge in [-0.2, -0.15) is 0 Å². The second-order valence-corrected chi connectivity index (χ2v) is 15.4. The Morgan fingerprint density at radius 3 is 2.18 bits per heavy atom. The molecule has 0 radical (unpaired) electrons. The summed E-state index contributed by atoms with van der Waals surface area (Å²) in [5.74, 6) is -2.72. The van der Waals surface area contributed by atoms with E-state index in [4.69, 9.17) is 15.2 Å². The molecule has 51 heavy (non-hydrogen) atoms. The van der Waals surface area contributed by atoms with Gasteiger partial charge in [0, 0.05) is 39.8 Å². The van der Waals surface area contributed by atoms with Gasteiger partial charge >= 0.3 is 5.97 Å². The van der Waals surface area contributed by atoms with Crippen molar-refractivity contribution >= 4 is 23.7 Å². The van der Waals surface area contributed by atoms with Gasteiger partial charge in [-0.25, -0.2) is 4.79 Å². The molecule has 13 heteroatoms. The van der Waals surface area contributed by atoms with Crippen molar-refractivity contribution in [1.29, 1.82) is 0 Å². The first-order valence-electron chi connectivity index (χ1n) is 18.4. The van der Waals surface area contributed by atoms with E-state index in [9.17, 15) is 29.4 Å². The quantitative estimate of drug-likeness (QED) is 0.133. The number of carboxylic acid groups (broad SMARTS) is 1. The Hall–Kier alpha value is -3.10. The summed E-state index contributed by atoms with van der Waals surface area (Å²) in [4.78, 5) is 57.3. The van der Waals surface area contributed by atoms with Crippen molar-refractivity contribution in [2.75, 3.05) is 27.8 Å². The number of nitrogens with two attached hydrogens (primary N) is 1. The third-order valence-corrected chi connectivity index (χ3v) is 10.8. The van der Waals surface area contributed by atoms with Crippen LogP contribution in [-0.4, -0.2) is 120 Å². The second-order valence-electron chi connectivity index (χ2n) is 15.4. The second kappa shape index (κ2) is 19.1. The van der Waals surface area contributed by atoms with Gasteiger partial charge < -0.3 is 40.5 Å². The minimum atomic E-state index is -1.13. The highest BCUT2D eigenvalue weighted by atomic mass is 16.5. The van der Waals surface area contributed by atoms with Gasteiger partial charge in [0.15, 0.2) is 0 Å². The average molecular weight is 718 g/mol. The van der Waals surface area contributed by atoms with Gasteiger partial charge in [0.25, 0.3) is 0 Å². The Balaban J connectivity index is 1.78. The summed E-state index contributed by atoms with van der Waals surface area (Å²) in [5.41, 5.74) is 5.95. The zero-order valence-corrected chi connectivity index (χ0v) is 31.8.